The normalized spacial score (nSPS) is 15.6. The second kappa shape index (κ2) is 9.56. The highest BCUT2D eigenvalue weighted by Crippen LogP contribution is 2.29. The molecule has 168 valence electrons. The first-order chi connectivity index (χ1) is 16.0. The number of nitrogens with zero attached hydrogens (tertiary/aromatic N) is 2. The molecule has 1 fully saturated rings. The van der Waals surface area contributed by atoms with E-state index in [1.807, 2.05) is 49.4 Å². The average molecular weight is 444 g/mol. The monoisotopic (exact) mass is 443 g/mol. The number of para-hydroxylation sites is 1. The maximum absolute atomic E-state index is 13.4. The van der Waals surface area contributed by atoms with E-state index in [1.54, 1.807) is 43.5 Å². The fourth-order valence-corrected chi connectivity index (χ4v) is 3.78. The van der Waals surface area contributed by atoms with Gasteiger partial charge < -0.3 is 15.0 Å². The molecule has 1 aliphatic rings. The van der Waals surface area contributed by atoms with Crippen LogP contribution in [0.3, 0.4) is 0 Å². The maximum atomic E-state index is 13.4. The molecule has 1 heterocycles. The summed E-state index contributed by atoms with van der Waals surface area (Å²) in [5, 5.41) is 2.80. The van der Waals surface area contributed by atoms with Gasteiger partial charge in [0.2, 0.25) is 5.91 Å². The minimum absolute atomic E-state index is 0.141. The lowest BCUT2D eigenvalue weighted by molar-refractivity contribution is -0.124. The van der Waals surface area contributed by atoms with E-state index in [1.165, 1.54) is 4.90 Å². The number of anilines is 2. The quantitative estimate of drug-likeness (QED) is 0.550. The number of amides is 4. The Bertz CT molecular complexity index is 1140. The van der Waals surface area contributed by atoms with Crippen molar-refractivity contribution in [3.63, 3.8) is 0 Å². The third-order valence-corrected chi connectivity index (χ3v) is 5.56. The van der Waals surface area contributed by atoms with Crippen molar-refractivity contribution in [3.05, 3.63) is 90.0 Å². The molecule has 0 radical (unpaired) electrons. The zero-order valence-electron chi connectivity index (χ0n) is 18.5. The zero-order valence-corrected chi connectivity index (χ0v) is 18.5. The van der Waals surface area contributed by atoms with Gasteiger partial charge in [-0.05, 0) is 48.9 Å². The molecule has 1 N–H and O–H groups in total. The highest BCUT2D eigenvalue weighted by Gasteiger charge is 2.46. The van der Waals surface area contributed by atoms with E-state index >= 15 is 0 Å². The molecule has 4 rings (SSSR count). The van der Waals surface area contributed by atoms with Gasteiger partial charge in [-0.3, -0.25) is 9.59 Å². The molecular weight excluding hydrogens is 418 g/mol. The predicted molar refractivity (Wildman–Crippen MR) is 126 cm³/mol. The maximum Gasteiger partial charge on any atom is 0.332 e. The number of carbonyl (C=O) groups excluding carboxylic acids is 3. The summed E-state index contributed by atoms with van der Waals surface area (Å²) in [7, 11) is 1.58. The van der Waals surface area contributed by atoms with Crippen molar-refractivity contribution in [2.24, 2.45) is 0 Å². The van der Waals surface area contributed by atoms with Crippen LogP contribution in [0, 0.1) is 6.92 Å². The first-order valence-corrected chi connectivity index (χ1v) is 10.7. The first-order valence-electron chi connectivity index (χ1n) is 10.7. The van der Waals surface area contributed by atoms with E-state index in [0.29, 0.717) is 17.1 Å². The highest BCUT2D eigenvalue weighted by atomic mass is 16.5. The number of carbonyl (C=O) groups is 3. The SMILES string of the molecule is COc1ccc(CN2C(=O)N(c3ccc(C)cc3)C(=O)[C@@H]2CC(=O)Nc2ccccc2)cc1. The predicted octanol–water partition coefficient (Wildman–Crippen LogP) is 4.37. The van der Waals surface area contributed by atoms with Crippen LogP contribution in [-0.4, -0.2) is 35.9 Å². The Kier molecular flexibility index (Phi) is 6.40. The summed E-state index contributed by atoms with van der Waals surface area (Å²) in [6.07, 6.45) is -0.141. The Balaban J connectivity index is 1.60. The van der Waals surface area contributed by atoms with E-state index < -0.39 is 18.0 Å². The molecule has 0 spiro atoms. The fourth-order valence-electron chi connectivity index (χ4n) is 3.78. The second-order valence-electron chi connectivity index (χ2n) is 7.90. The molecule has 4 amide bonds. The molecular formula is C26H25N3O4. The largest absolute Gasteiger partial charge is 0.497 e. The molecule has 3 aromatic carbocycles. The number of hydrogen-bond acceptors (Lipinski definition) is 4. The van der Waals surface area contributed by atoms with Crippen molar-refractivity contribution in [2.45, 2.75) is 25.9 Å². The zero-order chi connectivity index (χ0) is 23.4. The summed E-state index contributed by atoms with van der Waals surface area (Å²) in [5.74, 6) is -0.0546. The Morgan fingerprint density at radius 2 is 1.61 bits per heavy atom. The lowest BCUT2D eigenvalue weighted by Crippen LogP contribution is -2.37. The second-order valence-corrected chi connectivity index (χ2v) is 7.90. The van der Waals surface area contributed by atoms with Gasteiger partial charge in [0.15, 0.2) is 0 Å². The lowest BCUT2D eigenvalue weighted by atomic mass is 10.1. The summed E-state index contributed by atoms with van der Waals surface area (Å²) >= 11 is 0. The molecule has 33 heavy (non-hydrogen) atoms. The number of hydrogen-bond donors (Lipinski definition) is 1. The van der Waals surface area contributed by atoms with Crippen molar-refractivity contribution >= 4 is 29.2 Å². The van der Waals surface area contributed by atoms with E-state index in [9.17, 15) is 14.4 Å². The van der Waals surface area contributed by atoms with E-state index in [0.717, 1.165) is 16.0 Å². The van der Waals surface area contributed by atoms with Crippen LogP contribution in [0.15, 0.2) is 78.9 Å². The van der Waals surface area contributed by atoms with E-state index in [4.69, 9.17) is 4.74 Å². The number of nitrogens with one attached hydrogen (secondary N) is 1. The standard InChI is InChI=1S/C26H25N3O4/c1-18-8-12-21(13-9-18)29-25(31)23(16-24(30)27-20-6-4-3-5-7-20)28(26(29)32)17-19-10-14-22(33-2)15-11-19/h3-15,23H,16-17H2,1-2H3,(H,27,30)/t23-/m0/s1. The average Bonchev–Trinajstić information content (AvgIpc) is 3.05. The summed E-state index contributed by atoms with van der Waals surface area (Å²) in [4.78, 5) is 42.1. The van der Waals surface area contributed by atoms with Gasteiger partial charge in [0.25, 0.3) is 5.91 Å². The van der Waals surface area contributed by atoms with Gasteiger partial charge in [0.05, 0.1) is 19.2 Å². The molecule has 7 heteroatoms. The third-order valence-electron chi connectivity index (χ3n) is 5.56. The van der Waals surface area contributed by atoms with Crippen LogP contribution in [0.5, 0.6) is 5.75 Å². The molecule has 0 unspecified atom stereocenters. The number of aryl methyl sites for hydroxylation is 1. The number of urea groups is 1. The molecule has 0 aromatic heterocycles. The number of ether oxygens (including phenoxy) is 1. The number of benzene rings is 3. The number of rotatable bonds is 7. The van der Waals surface area contributed by atoms with Crippen molar-refractivity contribution < 1.29 is 19.1 Å². The number of methoxy groups -OCH3 is 1. The van der Waals surface area contributed by atoms with Crippen LogP contribution in [0.25, 0.3) is 0 Å². The number of imide groups is 1. The topological polar surface area (TPSA) is 79.0 Å². The highest BCUT2D eigenvalue weighted by molar-refractivity contribution is 6.22. The van der Waals surface area contributed by atoms with Crippen LogP contribution in [0.2, 0.25) is 0 Å². The molecule has 7 nitrogen and oxygen atoms in total. The van der Waals surface area contributed by atoms with Gasteiger partial charge in [-0.15, -0.1) is 0 Å². The summed E-state index contributed by atoms with van der Waals surface area (Å²) in [6.45, 7) is 2.13. The van der Waals surface area contributed by atoms with Crippen LogP contribution >= 0.6 is 0 Å². The van der Waals surface area contributed by atoms with Crippen LogP contribution in [0.4, 0.5) is 16.2 Å². The summed E-state index contributed by atoms with van der Waals surface area (Å²) < 4.78 is 5.20. The summed E-state index contributed by atoms with van der Waals surface area (Å²) in [5.41, 5.74) is 2.97. The van der Waals surface area contributed by atoms with E-state index in [-0.39, 0.29) is 18.9 Å². The molecule has 1 saturated heterocycles. The van der Waals surface area contributed by atoms with Crippen LogP contribution in [-0.2, 0) is 16.1 Å². The minimum atomic E-state index is -0.912. The van der Waals surface area contributed by atoms with Gasteiger partial charge in [-0.25, -0.2) is 9.69 Å². The molecule has 1 atom stereocenters. The lowest BCUT2D eigenvalue weighted by Gasteiger charge is -2.22. The fraction of sp³-hybridized carbons (Fsp3) is 0.192. The Morgan fingerprint density at radius 1 is 0.939 bits per heavy atom. The molecule has 0 saturated carbocycles. The van der Waals surface area contributed by atoms with Gasteiger partial charge >= 0.3 is 6.03 Å². The molecule has 1 aliphatic heterocycles. The Hall–Kier alpha value is -4.13. The van der Waals surface area contributed by atoms with Crippen LogP contribution in [0.1, 0.15) is 17.5 Å². The van der Waals surface area contributed by atoms with Crippen molar-refractivity contribution in [1.82, 2.24) is 4.90 Å². The first kappa shape index (κ1) is 22.1. The summed E-state index contributed by atoms with van der Waals surface area (Å²) in [6, 6.07) is 22.1. The molecule has 3 aromatic rings. The van der Waals surface area contributed by atoms with Gasteiger partial charge in [0.1, 0.15) is 11.8 Å². The van der Waals surface area contributed by atoms with Crippen LogP contribution < -0.4 is 15.0 Å². The van der Waals surface area contributed by atoms with Gasteiger partial charge in [-0.2, -0.15) is 0 Å². The van der Waals surface area contributed by atoms with E-state index in [2.05, 4.69) is 5.32 Å². The molecule has 0 bridgehead atoms. The van der Waals surface area contributed by atoms with Crippen molar-refractivity contribution in [1.29, 1.82) is 0 Å². The Morgan fingerprint density at radius 3 is 2.24 bits per heavy atom. The van der Waals surface area contributed by atoms with Crippen molar-refractivity contribution in [2.75, 3.05) is 17.3 Å². The molecule has 0 aliphatic carbocycles. The minimum Gasteiger partial charge on any atom is -0.497 e. The van der Waals surface area contributed by atoms with Crippen molar-refractivity contribution in [3.8, 4) is 5.75 Å². The van der Waals surface area contributed by atoms with Gasteiger partial charge in [-0.1, -0.05) is 48.0 Å². The smallest absolute Gasteiger partial charge is 0.332 e. The Labute approximate surface area is 192 Å². The third kappa shape index (κ3) is 4.87. The van der Waals surface area contributed by atoms with Gasteiger partial charge in [0, 0.05) is 12.2 Å².